The SMILES string of the molecule is CN(F)C(C)(C)C(=O)Nc1nc2ccc(OC(F)(F)F)cc2s1. The summed E-state index contributed by atoms with van der Waals surface area (Å²) in [6, 6.07) is 3.64. The van der Waals surface area contributed by atoms with E-state index in [1.807, 2.05) is 0 Å². The van der Waals surface area contributed by atoms with Crippen molar-refractivity contribution in [2.45, 2.75) is 25.7 Å². The molecule has 5 nitrogen and oxygen atoms in total. The highest BCUT2D eigenvalue weighted by atomic mass is 32.1. The average molecular weight is 351 g/mol. The monoisotopic (exact) mass is 351 g/mol. The number of alkyl halides is 3. The molecule has 0 bridgehead atoms. The second kappa shape index (κ2) is 5.93. The van der Waals surface area contributed by atoms with Crippen LogP contribution < -0.4 is 10.1 Å². The number of rotatable bonds is 4. The summed E-state index contributed by atoms with van der Waals surface area (Å²) < 4.78 is 54.1. The number of hydrogen-bond acceptors (Lipinski definition) is 5. The van der Waals surface area contributed by atoms with Crippen LogP contribution in [-0.4, -0.2) is 35.0 Å². The highest BCUT2D eigenvalue weighted by molar-refractivity contribution is 7.22. The van der Waals surface area contributed by atoms with Crippen LogP contribution in [0.4, 0.5) is 22.8 Å². The van der Waals surface area contributed by atoms with Crippen LogP contribution >= 0.6 is 11.3 Å². The lowest BCUT2D eigenvalue weighted by Crippen LogP contribution is -2.47. The van der Waals surface area contributed by atoms with Gasteiger partial charge in [-0.2, -0.15) is 0 Å². The molecule has 126 valence electrons. The fraction of sp³-hybridized carbons (Fsp3) is 0.385. The Morgan fingerprint density at radius 3 is 2.57 bits per heavy atom. The van der Waals surface area contributed by atoms with Gasteiger partial charge in [-0.3, -0.25) is 4.79 Å². The predicted molar refractivity (Wildman–Crippen MR) is 77.9 cm³/mol. The van der Waals surface area contributed by atoms with E-state index in [1.54, 1.807) is 0 Å². The molecule has 1 aromatic heterocycles. The van der Waals surface area contributed by atoms with Crippen molar-refractivity contribution in [3.8, 4) is 5.75 Å². The third-order valence-electron chi connectivity index (χ3n) is 3.14. The first kappa shape index (κ1) is 17.4. The molecule has 0 aliphatic rings. The molecule has 0 unspecified atom stereocenters. The minimum Gasteiger partial charge on any atom is -0.406 e. The Morgan fingerprint density at radius 2 is 2.00 bits per heavy atom. The molecule has 0 fully saturated rings. The number of nitrogens with zero attached hydrogens (tertiary/aromatic N) is 2. The smallest absolute Gasteiger partial charge is 0.406 e. The lowest BCUT2D eigenvalue weighted by molar-refractivity contribution is -0.274. The molecule has 0 spiro atoms. The van der Waals surface area contributed by atoms with E-state index in [0.717, 1.165) is 24.5 Å². The van der Waals surface area contributed by atoms with E-state index in [1.165, 1.54) is 26.0 Å². The predicted octanol–water partition coefficient (Wildman–Crippen LogP) is 3.73. The van der Waals surface area contributed by atoms with Gasteiger partial charge in [0.1, 0.15) is 11.3 Å². The van der Waals surface area contributed by atoms with Gasteiger partial charge in [0, 0.05) is 13.1 Å². The number of likely N-dealkylation sites (N-methyl/N-ethyl adjacent to an activating group) is 1. The van der Waals surface area contributed by atoms with Crippen molar-refractivity contribution >= 4 is 32.6 Å². The molecule has 2 rings (SSSR count). The molecular weight excluding hydrogens is 338 g/mol. The van der Waals surface area contributed by atoms with Crippen LogP contribution in [0, 0.1) is 0 Å². The summed E-state index contributed by atoms with van der Waals surface area (Å²) in [5.41, 5.74) is -1.02. The summed E-state index contributed by atoms with van der Waals surface area (Å²) >= 11 is 0.962. The number of amides is 1. The number of carbonyl (C=O) groups excluding carboxylic acids is 1. The van der Waals surface area contributed by atoms with Crippen molar-refractivity contribution in [3.05, 3.63) is 18.2 Å². The quantitative estimate of drug-likeness (QED) is 0.674. The van der Waals surface area contributed by atoms with Crippen molar-refractivity contribution < 1.29 is 27.2 Å². The molecule has 1 N–H and O–H groups in total. The molecule has 0 atom stereocenters. The molecule has 0 aliphatic heterocycles. The van der Waals surface area contributed by atoms with Gasteiger partial charge >= 0.3 is 6.36 Å². The second-order valence-corrected chi connectivity index (χ2v) is 6.22. The average Bonchev–Trinajstić information content (AvgIpc) is 2.77. The lowest BCUT2D eigenvalue weighted by atomic mass is 10.1. The van der Waals surface area contributed by atoms with E-state index in [-0.39, 0.29) is 16.0 Å². The summed E-state index contributed by atoms with van der Waals surface area (Å²) in [7, 11) is 1.11. The molecule has 0 radical (unpaired) electrons. The Bertz CT molecular complexity index is 728. The molecular formula is C13H13F4N3O2S. The van der Waals surface area contributed by atoms with Gasteiger partial charge in [-0.25, -0.2) is 4.98 Å². The van der Waals surface area contributed by atoms with Crippen LogP contribution in [0.3, 0.4) is 0 Å². The maximum Gasteiger partial charge on any atom is 0.573 e. The maximum atomic E-state index is 13.3. The zero-order valence-corrected chi connectivity index (χ0v) is 13.2. The summed E-state index contributed by atoms with van der Waals surface area (Å²) in [4.78, 5) is 16.1. The lowest BCUT2D eigenvalue weighted by Gasteiger charge is -2.26. The topological polar surface area (TPSA) is 54.5 Å². The molecule has 23 heavy (non-hydrogen) atoms. The zero-order valence-electron chi connectivity index (χ0n) is 12.4. The van der Waals surface area contributed by atoms with Gasteiger partial charge < -0.3 is 10.1 Å². The minimum absolute atomic E-state index is 0.157. The van der Waals surface area contributed by atoms with Crippen LogP contribution in [0.15, 0.2) is 18.2 Å². The second-order valence-electron chi connectivity index (χ2n) is 5.19. The summed E-state index contributed by atoms with van der Waals surface area (Å²) in [5, 5.41) is 2.86. The van der Waals surface area contributed by atoms with E-state index in [0.29, 0.717) is 10.2 Å². The van der Waals surface area contributed by atoms with Gasteiger partial charge in [0.15, 0.2) is 5.13 Å². The molecule has 0 aliphatic carbocycles. The first-order valence-corrected chi connectivity index (χ1v) is 7.18. The fourth-order valence-electron chi connectivity index (χ4n) is 1.55. The number of fused-ring (bicyclic) bond motifs is 1. The maximum absolute atomic E-state index is 13.3. The van der Waals surface area contributed by atoms with E-state index < -0.39 is 17.8 Å². The first-order chi connectivity index (χ1) is 10.5. The number of aromatic nitrogens is 1. The number of hydrogen-bond donors (Lipinski definition) is 1. The third kappa shape index (κ3) is 4.08. The third-order valence-corrected chi connectivity index (χ3v) is 4.07. The molecule has 2 aromatic rings. The Kier molecular flexibility index (Phi) is 4.49. The molecule has 0 saturated carbocycles. The highest BCUT2D eigenvalue weighted by Gasteiger charge is 2.34. The van der Waals surface area contributed by atoms with Crippen LogP contribution in [0.1, 0.15) is 13.8 Å². The van der Waals surface area contributed by atoms with Gasteiger partial charge in [-0.15, -0.1) is 22.8 Å². The normalized spacial score (nSPS) is 12.7. The molecule has 10 heteroatoms. The zero-order chi connectivity index (χ0) is 17.4. The Balaban J connectivity index is 2.22. The largest absolute Gasteiger partial charge is 0.573 e. The van der Waals surface area contributed by atoms with Gasteiger partial charge in [0.2, 0.25) is 5.91 Å². The highest BCUT2D eigenvalue weighted by Crippen LogP contribution is 2.32. The van der Waals surface area contributed by atoms with Gasteiger partial charge in [-0.05, 0) is 26.0 Å². The number of benzene rings is 1. The first-order valence-electron chi connectivity index (χ1n) is 6.36. The number of carbonyl (C=O) groups is 1. The Hall–Kier alpha value is -1.94. The van der Waals surface area contributed by atoms with Crippen LogP contribution in [-0.2, 0) is 4.79 Å². The summed E-state index contributed by atoms with van der Waals surface area (Å²) in [5.74, 6) is -1.01. The van der Waals surface area contributed by atoms with Crippen molar-refractivity contribution in [2.24, 2.45) is 0 Å². The van der Waals surface area contributed by atoms with E-state index in [2.05, 4.69) is 15.0 Å². The Morgan fingerprint density at radius 1 is 1.35 bits per heavy atom. The molecule has 1 amide bonds. The minimum atomic E-state index is -4.79. The van der Waals surface area contributed by atoms with E-state index >= 15 is 0 Å². The number of ether oxygens (including phenoxy) is 1. The van der Waals surface area contributed by atoms with Crippen LogP contribution in [0.2, 0.25) is 0 Å². The van der Waals surface area contributed by atoms with E-state index in [9.17, 15) is 22.4 Å². The van der Waals surface area contributed by atoms with Gasteiger partial charge in [0.05, 0.1) is 10.2 Å². The van der Waals surface area contributed by atoms with E-state index in [4.69, 9.17) is 0 Å². The summed E-state index contributed by atoms with van der Waals surface area (Å²) in [6.07, 6.45) is -4.79. The standard InChI is InChI=1S/C13H13F4N3O2S/c1-12(2,20(3)17)10(21)19-11-18-8-5-4-7(6-9(8)23-11)22-13(14,15)16/h4-6H,1-3H3,(H,18,19,21). The number of halogens is 4. The number of thiazole rings is 1. The number of anilines is 1. The Labute approximate surface area is 132 Å². The van der Waals surface area contributed by atoms with Gasteiger partial charge in [-0.1, -0.05) is 11.3 Å². The van der Waals surface area contributed by atoms with Gasteiger partial charge in [0.25, 0.3) is 0 Å². The van der Waals surface area contributed by atoms with Crippen molar-refractivity contribution in [3.63, 3.8) is 0 Å². The van der Waals surface area contributed by atoms with Crippen LogP contribution in [0.5, 0.6) is 5.75 Å². The van der Waals surface area contributed by atoms with Crippen LogP contribution in [0.25, 0.3) is 10.2 Å². The summed E-state index contributed by atoms with van der Waals surface area (Å²) in [6.45, 7) is 2.76. The fourth-order valence-corrected chi connectivity index (χ4v) is 2.43. The van der Waals surface area contributed by atoms with Crippen molar-refractivity contribution in [2.75, 3.05) is 12.4 Å². The number of nitrogens with one attached hydrogen (secondary N) is 1. The molecule has 0 saturated heterocycles. The molecule has 1 heterocycles. The van der Waals surface area contributed by atoms with Crippen molar-refractivity contribution in [1.82, 2.24) is 10.1 Å². The van der Waals surface area contributed by atoms with Crippen molar-refractivity contribution in [1.29, 1.82) is 0 Å². The molecule has 1 aromatic carbocycles.